The number of hydrogen-bond acceptors (Lipinski definition) is 7. The van der Waals surface area contributed by atoms with Crippen LogP contribution in [-0.2, 0) is 19.1 Å². The van der Waals surface area contributed by atoms with Crippen molar-refractivity contribution in [3.05, 3.63) is 35.9 Å². The van der Waals surface area contributed by atoms with Crippen LogP contribution in [-0.4, -0.2) is 33.9 Å². The van der Waals surface area contributed by atoms with Gasteiger partial charge in [-0.2, -0.15) is 0 Å². The number of thioether (sulfide) groups is 1. The predicted octanol–water partition coefficient (Wildman–Crippen LogP) is 7.82. The number of rotatable bonds is 7. The van der Waals surface area contributed by atoms with Gasteiger partial charge >= 0.3 is 5.97 Å². The van der Waals surface area contributed by atoms with E-state index in [-0.39, 0.29) is 28.7 Å². The van der Waals surface area contributed by atoms with Crippen molar-refractivity contribution in [1.29, 1.82) is 0 Å². The second-order valence-corrected chi connectivity index (χ2v) is 15.5. The largest absolute Gasteiger partial charge is 0.450 e. The van der Waals surface area contributed by atoms with E-state index in [1.165, 1.54) is 17.3 Å². The van der Waals surface area contributed by atoms with E-state index in [0.717, 1.165) is 46.7 Å². The van der Waals surface area contributed by atoms with Gasteiger partial charge in [0.1, 0.15) is 0 Å². The van der Waals surface area contributed by atoms with Gasteiger partial charge in [0.05, 0.1) is 16.0 Å². The van der Waals surface area contributed by atoms with Gasteiger partial charge in [-0.3, -0.25) is 14.4 Å². The van der Waals surface area contributed by atoms with Crippen LogP contribution in [0, 0.1) is 34.5 Å². The molecule has 5 unspecified atom stereocenters. The minimum atomic E-state index is -1.09. The maximum Gasteiger partial charge on any atom is 0.306 e. The summed E-state index contributed by atoms with van der Waals surface area (Å²) in [6.07, 6.45) is 8.97. The lowest BCUT2D eigenvalue weighted by atomic mass is 9.43. The molecule has 1 aromatic carbocycles. The van der Waals surface area contributed by atoms with Crippen LogP contribution < -0.4 is 0 Å². The van der Waals surface area contributed by atoms with E-state index in [0.29, 0.717) is 49.4 Å². The smallest absolute Gasteiger partial charge is 0.306 e. The van der Waals surface area contributed by atoms with Gasteiger partial charge in [-0.25, -0.2) is 4.98 Å². The number of thiazole rings is 1. The number of para-hydroxylation sites is 1. The molecule has 0 amide bonds. The van der Waals surface area contributed by atoms with E-state index in [9.17, 15) is 14.4 Å². The van der Waals surface area contributed by atoms with Crippen molar-refractivity contribution in [2.24, 2.45) is 34.5 Å². The zero-order valence-electron chi connectivity index (χ0n) is 24.2. The highest BCUT2D eigenvalue weighted by Crippen LogP contribution is 2.70. The third kappa shape index (κ3) is 4.33. The Bertz CT molecular complexity index is 1350. The summed E-state index contributed by atoms with van der Waals surface area (Å²) in [5.74, 6) is 2.01. The highest BCUT2D eigenvalue weighted by molar-refractivity contribution is 8.01. The van der Waals surface area contributed by atoms with Gasteiger partial charge in [0.15, 0.2) is 21.5 Å². The van der Waals surface area contributed by atoms with E-state index in [2.05, 4.69) is 26.8 Å². The number of hydrogen-bond donors (Lipinski definition) is 0. The SMILES string of the molecule is CCCC(=O)O[C@]1(C(=O)CSc2nc3ccccc3s2)CCC2C3CCC4=CC(=O)CCC4(C)C3[C@@H](C)CC21C. The number of allylic oxidation sites excluding steroid dienone is 1. The van der Waals surface area contributed by atoms with Crippen molar-refractivity contribution < 1.29 is 19.1 Å². The van der Waals surface area contributed by atoms with E-state index in [1.54, 1.807) is 11.3 Å². The standard InChI is InChI=1S/C33H41NO4S2/c1-5-8-28(37)38-33(27(36)19-39-30-34-25-9-6-7-10-26(25)40-30)16-14-24-23-12-11-21-17-22(35)13-15-31(21,3)29(23)20(2)18-32(24,33)4/h6-7,9-10,17,20,23-24,29H,5,8,11-16,18-19H2,1-4H3/t20-,23?,24?,29?,31?,32?,33-/m0/s1. The molecule has 40 heavy (non-hydrogen) atoms. The Balaban J connectivity index is 1.31. The molecule has 3 fully saturated rings. The molecular weight excluding hydrogens is 539 g/mol. The molecule has 0 saturated heterocycles. The number of esters is 1. The van der Waals surface area contributed by atoms with Crippen LogP contribution >= 0.6 is 23.1 Å². The van der Waals surface area contributed by atoms with Crippen LogP contribution in [0.4, 0.5) is 0 Å². The number of carbonyl (C=O) groups excluding carboxylic acids is 3. The second kappa shape index (κ2) is 10.4. The van der Waals surface area contributed by atoms with Crippen LogP contribution in [0.25, 0.3) is 10.2 Å². The molecule has 4 aliphatic carbocycles. The molecule has 0 radical (unpaired) electrons. The summed E-state index contributed by atoms with van der Waals surface area (Å²) in [4.78, 5) is 44.5. The zero-order chi connectivity index (χ0) is 28.3. The molecule has 7 heteroatoms. The first-order valence-electron chi connectivity index (χ1n) is 15.1. The highest BCUT2D eigenvalue weighted by atomic mass is 32.2. The molecule has 1 aromatic heterocycles. The van der Waals surface area contributed by atoms with Gasteiger partial charge in [0, 0.05) is 18.3 Å². The maximum absolute atomic E-state index is 14.4. The average molecular weight is 580 g/mol. The summed E-state index contributed by atoms with van der Waals surface area (Å²) >= 11 is 3.10. The van der Waals surface area contributed by atoms with Crippen molar-refractivity contribution in [2.75, 3.05) is 5.75 Å². The summed E-state index contributed by atoms with van der Waals surface area (Å²) in [5, 5.41) is 0. The van der Waals surface area contributed by atoms with Crippen molar-refractivity contribution in [3.63, 3.8) is 0 Å². The quantitative estimate of drug-likeness (QED) is 0.246. The maximum atomic E-state index is 14.4. The molecule has 0 bridgehead atoms. The number of benzene rings is 1. The molecule has 6 rings (SSSR count). The monoisotopic (exact) mass is 579 g/mol. The van der Waals surface area contributed by atoms with Crippen molar-refractivity contribution in [1.82, 2.24) is 4.98 Å². The number of ketones is 2. The number of carbonyl (C=O) groups is 3. The van der Waals surface area contributed by atoms with E-state index >= 15 is 0 Å². The number of fused-ring (bicyclic) bond motifs is 6. The average Bonchev–Trinajstić information content (AvgIpc) is 3.46. The number of ether oxygens (including phenoxy) is 1. The first-order chi connectivity index (χ1) is 19.1. The topological polar surface area (TPSA) is 73.3 Å². The Kier molecular flexibility index (Phi) is 7.30. The minimum Gasteiger partial charge on any atom is -0.450 e. The lowest BCUT2D eigenvalue weighted by molar-refractivity contribution is -0.193. The summed E-state index contributed by atoms with van der Waals surface area (Å²) < 4.78 is 8.42. The summed E-state index contributed by atoms with van der Waals surface area (Å²) in [6, 6.07) is 8.05. The minimum absolute atomic E-state index is 0.0442. The molecule has 214 valence electrons. The highest BCUT2D eigenvalue weighted by Gasteiger charge is 2.69. The van der Waals surface area contributed by atoms with E-state index in [1.807, 2.05) is 31.2 Å². The summed E-state index contributed by atoms with van der Waals surface area (Å²) in [5.41, 5.74) is 0.864. The van der Waals surface area contributed by atoms with Crippen LogP contribution in [0.2, 0.25) is 0 Å². The number of aromatic nitrogens is 1. The van der Waals surface area contributed by atoms with Gasteiger partial charge < -0.3 is 4.74 Å². The fourth-order valence-corrected chi connectivity index (χ4v) is 11.6. The molecule has 7 atom stereocenters. The van der Waals surface area contributed by atoms with Crippen molar-refractivity contribution in [2.45, 2.75) is 95.4 Å². The Morgan fingerprint density at radius 3 is 2.73 bits per heavy atom. The fraction of sp³-hybridized carbons (Fsp3) is 0.636. The van der Waals surface area contributed by atoms with Gasteiger partial charge in [-0.05, 0) is 92.2 Å². The number of nitrogens with zero attached hydrogens (tertiary/aromatic N) is 1. The first kappa shape index (κ1) is 28.1. The van der Waals surface area contributed by atoms with Gasteiger partial charge in [-0.15, -0.1) is 11.3 Å². The van der Waals surface area contributed by atoms with Crippen molar-refractivity contribution >= 4 is 50.9 Å². The molecular formula is C33H41NO4S2. The lowest BCUT2D eigenvalue weighted by Gasteiger charge is -2.61. The Morgan fingerprint density at radius 1 is 1.15 bits per heavy atom. The van der Waals surface area contributed by atoms with Crippen LogP contribution in [0.1, 0.15) is 85.5 Å². The molecule has 1 heterocycles. The van der Waals surface area contributed by atoms with Gasteiger partial charge in [0.2, 0.25) is 0 Å². The van der Waals surface area contributed by atoms with Crippen LogP contribution in [0.3, 0.4) is 0 Å². The lowest BCUT2D eigenvalue weighted by Crippen LogP contribution is -2.61. The molecule has 4 aliphatic rings. The van der Waals surface area contributed by atoms with Gasteiger partial charge in [0.25, 0.3) is 0 Å². The first-order valence-corrected chi connectivity index (χ1v) is 16.9. The van der Waals surface area contributed by atoms with E-state index in [4.69, 9.17) is 9.72 Å². The fourth-order valence-electron chi connectivity index (χ4n) is 9.54. The molecule has 5 nitrogen and oxygen atoms in total. The Labute approximate surface area is 245 Å². The third-order valence-corrected chi connectivity index (χ3v) is 13.3. The summed E-state index contributed by atoms with van der Waals surface area (Å²) in [6.45, 7) is 8.98. The van der Waals surface area contributed by atoms with E-state index < -0.39 is 11.0 Å². The number of Topliss-reactive ketones (excluding diaryl/α,β-unsaturated/α-hetero) is 1. The van der Waals surface area contributed by atoms with Crippen LogP contribution in [0.15, 0.2) is 40.3 Å². The summed E-state index contributed by atoms with van der Waals surface area (Å²) in [7, 11) is 0. The van der Waals surface area contributed by atoms with Crippen molar-refractivity contribution in [3.8, 4) is 0 Å². The zero-order valence-corrected chi connectivity index (χ0v) is 25.8. The third-order valence-electron chi connectivity index (χ3n) is 11.1. The van der Waals surface area contributed by atoms with Gasteiger partial charge in [-0.1, -0.05) is 57.2 Å². The normalized spacial score (nSPS) is 36.9. The molecule has 0 spiro atoms. The second-order valence-electron chi connectivity index (χ2n) is 13.2. The molecule has 0 N–H and O–H groups in total. The molecule has 3 saturated carbocycles. The predicted molar refractivity (Wildman–Crippen MR) is 160 cm³/mol. The van der Waals surface area contributed by atoms with Crippen LogP contribution in [0.5, 0.6) is 0 Å². The Hall–Kier alpha value is -1.99. The Morgan fingerprint density at radius 2 is 1.95 bits per heavy atom. The molecule has 2 aromatic rings. The molecule has 0 aliphatic heterocycles.